The smallest absolute Gasteiger partial charge is 0.328 e. The van der Waals surface area contributed by atoms with E-state index in [1.165, 1.54) is 6.07 Å². The van der Waals surface area contributed by atoms with Crippen LogP contribution < -0.4 is 5.32 Å². The van der Waals surface area contributed by atoms with Crippen LogP contribution in [-0.2, 0) is 32.6 Å². The number of rotatable bonds is 7. The van der Waals surface area contributed by atoms with Crippen molar-refractivity contribution in [2.24, 2.45) is 0 Å². The summed E-state index contributed by atoms with van der Waals surface area (Å²) >= 11 is 18.9. The minimum absolute atomic E-state index is 0.0400. The molecule has 3 amide bonds. The van der Waals surface area contributed by atoms with Gasteiger partial charge in [0.25, 0.3) is 11.8 Å². The first-order valence-electron chi connectivity index (χ1n) is 11.6. The van der Waals surface area contributed by atoms with Crippen LogP contribution in [0.4, 0.5) is 0 Å². The van der Waals surface area contributed by atoms with Crippen LogP contribution in [-0.4, -0.2) is 89.9 Å². The Labute approximate surface area is 239 Å². The first-order chi connectivity index (χ1) is 18.3. The van der Waals surface area contributed by atoms with Crippen LogP contribution in [0.25, 0.3) is 0 Å². The van der Waals surface area contributed by atoms with Crippen LogP contribution in [0.5, 0.6) is 0 Å². The quantitative estimate of drug-likeness (QED) is 0.484. The molecule has 208 valence electrons. The molecule has 1 atom stereocenters. The van der Waals surface area contributed by atoms with Gasteiger partial charge in [0, 0.05) is 23.7 Å². The lowest BCUT2D eigenvalue weighted by atomic mass is 9.96. The predicted octanol–water partition coefficient (Wildman–Crippen LogP) is 2.09. The molecule has 2 aromatic carbocycles. The molecule has 2 N–H and O–H groups in total. The van der Waals surface area contributed by atoms with Crippen molar-refractivity contribution in [1.29, 1.82) is 0 Å². The van der Waals surface area contributed by atoms with E-state index in [9.17, 15) is 32.7 Å². The second-order valence-electron chi connectivity index (χ2n) is 9.16. The summed E-state index contributed by atoms with van der Waals surface area (Å²) in [4.78, 5) is 52.8. The molecular formula is C24H23Cl3N4O7S. The summed E-state index contributed by atoms with van der Waals surface area (Å²) in [7, 11) is -3.67. The fraction of sp³-hybridized carbons (Fsp3) is 0.333. The molecule has 0 unspecified atom stereocenters. The SMILES string of the molecule is CS(=O)(=O)N1CC(=O)N(C[C@H](NC(=O)c2c(Cl)cc3c(c2Cl)CCN(C(=O)c2ccc(Cl)cc2)C3)C(=O)O)C1. The van der Waals surface area contributed by atoms with E-state index in [2.05, 4.69) is 5.32 Å². The molecule has 39 heavy (non-hydrogen) atoms. The molecule has 15 heteroatoms. The van der Waals surface area contributed by atoms with Crippen LogP contribution in [0.2, 0.25) is 15.1 Å². The molecule has 2 aliphatic heterocycles. The molecule has 2 heterocycles. The molecule has 0 spiro atoms. The topological polar surface area (TPSA) is 144 Å². The summed E-state index contributed by atoms with van der Waals surface area (Å²) in [6.07, 6.45) is 1.27. The highest BCUT2D eigenvalue weighted by Crippen LogP contribution is 2.35. The second-order valence-corrected chi connectivity index (χ2v) is 12.4. The van der Waals surface area contributed by atoms with Gasteiger partial charge < -0.3 is 20.2 Å². The highest BCUT2D eigenvalue weighted by atomic mass is 35.5. The first kappa shape index (κ1) is 29.1. The molecule has 11 nitrogen and oxygen atoms in total. The van der Waals surface area contributed by atoms with E-state index in [0.717, 1.165) is 15.5 Å². The van der Waals surface area contributed by atoms with Gasteiger partial charge in [0.2, 0.25) is 15.9 Å². The van der Waals surface area contributed by atoms with E-state index >= 15 is 0 Å². The van der Waals surface area contributed by atoms with E-state index in [1.54, 1.807) is 29.2 Å². The average Bonchev–Trinajstić information content (AvgIpc) is 3.24. The number of benzene rings is 2. The number of carboxylic acid groups (broad SMARTS) is 1. The molecule has 0 saturated carbocycles. The standard InChI is InChI=1S/C24H23Cl3N4O7S/c1-39(37,38)31-11-19(32)30(12-31)10-18(24(35)36)28-22(33)20-17(26)8-14-9-29(7-6-16(14)21(20)27)23(34)13-2-4-15(25)5-3-13/h2-5,8,18H,6-7,9-12H2,1H3,(H,28,33)(H,35,36)/t18-/m0/s1. The number of fused-ring (bicyclic) bond motifs is 1. The molecule has 0 radical (unpaired) electrons. The second kappa shape index (κ2) is 11.3. The van der Waals surface area contributed by atoms with Crippen LogP contribution >= 0.6 is 34.8 Å². The van der Waals surface area contributed by atoms with Gasteiger partial charge in [-0.25, -0.2) is 13.2 Å². The molecule has 4 rings (SSSR count). The summed E-state index contributed by atoms with van der Waals surface area (Å²) in [6, 6.07) is 6.45. The molecule has 1 saturated heterocycles. The highest BCUT2D eigenvalue weighted by molar-refractivity contribution is 7.88. The van der Waals surface area contributed by atoms with Gasteiger partial charge in [0.15, 0.2) is 0 Å². The number of sulfonamides is 1. The summed E-state index contributed by atoms with van der Waals surface area (Å²) in [5.41, 5.74) is 1.59. The molecule has 0 bridgehead atoms. The maximum absolute atomic E-state index is 13.1. The number of hydrogen-bond donors (Lipinski definition) is 2. The zero-order valence-electron chi connectivity index (χ0n) is 20.5. The number of hydrogen-bond acceptors (Lipinski definition) is 6. The number of carbonyl (C=O) groups excluding carboxylic acids is 3. The van der Waals surface area contributed by atoms with E-state index < -0.39 is 46.9 Å². The third-order valence-electron chi connectivity index (χ3n) is 6.48. The zero-order valence-corrected chi connectivity index (χ0v) is 23.6. The van der Waals surface area contributed by atoms with Crippen molar-refractivity contribution in [2.75, 3.05) is 32.6 Å². The van der Waals surface area contributed by atoms with E-state index in [-0.39, 0.29) is 34.7 Å². The van der Waals surface area contributed by atoms with Crippen molar-refractivity contribution in [1.82, 2.24) is 19.4 Å². The Morgan fingerprint density at radius 3 is 2.36 bits per heavy atom. The van der Waals surface area contributed by atoms with Crippen molar-refractivity contribution in [3.63, 3.8) is 0 Å². The Kier molecular flexibility index (Phi) is 8.43. The lowest BCUT2D eigenvalue weighted by molar-refractivity contribution is -0.140. The number of halogens is 3. The number of carboxylic acids is 1. The Morgan fingerprint density at radius 2 is 1.77 bits per heavy atom. The van der Waals surface area contributed by atoms with Crippen LogP contribution in [0, 0.1) is 0 Å². The predicted molar refractivity (Wildman–Crippen MR) is 143 cm³/mol. The Morgan fingerprint density at radius 1 is 1.10 bits per heavy atom. The minimum atomic E-state index is -3.67. The zero-order chi connectivity index (χ0) is 28.6. The molecule has 1 fully saturated rings. The summed E-state index contributed by atoms with van der Waals surface area (Å²) in [5.74, 6) is -3.10. The summed E-state index contributed by atoms with van der Waals surface area (Å²) < 4.78 is 24.4. The number of nitrogens with one attached hydrogen (secondary N) is 1. The number of carbonyl (C=O) groups is 4. The number of nitrogens with zero attached hydrogens (tertiary/aromatic N) is 3. The maximum Gasteiger partial charge on any atom is 0.328 e. The Hall–Kier alpha value is -2.90. The van der Waals surface area contributed by atoms with Crippen LogP contribution in [0.3, 0.4) is 0 Å². The van der Waals surface area contributed by atoms with Gasteiger partial charge in [-0.05, 0) is 47.9 Å². The van der Waals surface area contributed by atoms with Crippen molar-refractivity contribution < 1.29 is 32.7 Å². The van der Waals surface area contributed by atoms with E-state index in [0.29, 0.717) is 34.7 Å². The van der Waals surface area contributed by atoms with Gasteiger partial charge in [-0.1, -0.05) is 34.8 Å². The van der Waals surface area contributed by atoms with Gasteiger partial charge in [0.1, 0.15) is 6.04 Å². The van der Waals surface area contributed by atoms with Crippen molar-refractivity contribution >= 4 is 68.5 Å². The fourth-order valence-corrected chi connectivity index (χ4v) is 5.98. The monoisotopic (exact) mass is 616 g/mol. The normalized spacial score (nSPS) is 16.7. The minimum Gasteiger partial charge on any atom is -0.480 e. The molecule has 2 aromatic rings. The molecule has 2 aliphatic rings. The lowest BCUT2D eigenvalue weighted by Crippen LogP contribution is -2.49. The van der Waals surface area contributed by atoms with Gasteiger partial charge >= 0.3 is 5.97 Å². The van der Waals surface area contributed by atoms with Gasteiger partial charge in [-0.15, -0.1) is 0 Å². The maximum atomic E-state index is 13.1. The van der Waals surface area contributed by atoms with Crippen LogP contribution in [0.1, 0.15) is 31.8 Å². The largest absolute Gasteiger partial charge is 0.480 e. The molecular weight excluding hydrogens is 595 g/mol. The highest BCUT2D eigenvalue weighted by Gasteiger charge is 2.36. The Balaban J connectivity index is 1.50. The third kappa shape index (κ3) is 6.30. The first-order valence-corrected chi connectivity index (χ1v) is 14.6. The fourth-order valence-electron chi connectivity index (χ4n) is 4.40. The summed E-state index contributed by atoms with van der Waals surface area (Å²) in [6.45, 7) is -0.692. The van der Waals surface area contributed by atoms with Gasteiger partial charge in [-0.2, -0.15) is 4.31 Å². The van der Waals surface area contributed by atoms with Crippen molar-refractivity contribution in [3.8, 4) is 0 Å². The van der Waals surface area contributed by atoms with E-state index in [4.69, 9.17) is 34.8 Å². The average molecular weight is 618 g/mol. The van der Waals surface area contributed by atoms with E-state index in [1.807, 2.05) is 0 Å². The molecule has 0 aromatic heterocycles. The lowest BCUT2D eigenvalue weighted by Gasteiger charge is -2.30. The molecule has 0 aliphatic carbocycles. The summed E-state index contributed by atoms with van der Waals surface area (Å²) in [5, 5.41) is 12.5. The number of aliphatic carboxylic acids is 1. The number of amides is 3. The Bertz CT molecular complexity index is 1470. The van der Waals surface area contributed by atoms with Crippen molar-refractivity contribution in [3.05, 3.63) is 67.7 Å². The third-order valence-corrected chi connectivity index (χ3v) is 8.63. The van der Waals surface area contributed by atoms with Crippen LogP contribution in [0.15, 0.2) is 30.3 Å². The van der Waals surface area contributed by atoms with Crippen molar-refractivity contribution in [2.45, 2.75) is 19.0 Å². The van der Waals surface area contributed by atoms with Gasteiger partial charge in [0.05, 0.1) is 41.6 Å². The van der Waals surface area contributed by atoms with Gasteiger partial charge in [-0.3, -0.25) is 14.4 Å².